The third kappa shape index (κ3) is 4.47. The smallest absolute Gasteiger partial charge is 0.241 e. The molecule has 0 aromatic carbocycles. The van der Waals surface area contributed by atoms with Crippen LogP contribution >= 0.6 is 0 Å². The molecule has 3 atom stereocenters. The average molecular weight is 282 g/mol. The maximum absolute atomic E-state index is 12.6. The molecule has 3 unspecified atom stereocenters. The lowest BCUT2D eigenvalue weighted by atomic mass is 10.0. The number of hydrogen-bond acceptors (Lipinski definition) is 2. The summed E-state index contributed by atoms with van der Waals surface area (Å²) >= 11 is 0. The number of unbranched alkanes of at least 4 members (excludes halogenated alkanes) is 3. The molecule has 0 aliphatic carbocycles. The molecule has 1 fully saturated rings. The van der Waals surface area contributed by atoms with E-state index in [1.165, 1.54) is 25.7 Å². The summed E-state index contributed by atoms with van der Waals surface area (Å²) in [6.45, 7) is 10.9. The number of amides is 1. The van der Waals surface area contributed by atoms with Crippen LogP contribution in [0, 0.1) is 5.92 Å². The Kier molecular flexibility index (Phi) is 7.57. The second kappa shape index (κ2) is 8.66. The second-order valence-electron chi connectivity index (χ2n) is 6.64. The van der Waals surface area contributed by atoms with Gasteiger partial charge >= 0.3 is 0 Å². The van der Waals surface area contributed by atoms with E-state index >= 15 is 0 Å². The lowest BCUT2D eigenvalue weighted by Gasteiger charge is -2.30. The molecule has 0 spiro atoms. The van der Waals surface area contributed by atoms with E-state index in [0.717, 1.165) is 19.3 Å². The highest BCUT2D eigenvalue weighted by Gasteiger charge is 2.41. The van der Waals surface area contributed by atoms with Crippen molar-refractivity contribution in [2.75, 3.05) is 0 Å². The van der Waals surface area contributed by atoms with E-state index in [1.807, 2.05) is 0 Å². The van der Waals surface area contributed by atoms with Gasteiger partial charge in [-0.3, -0.25) is 10.1 Å². The van der Waals surface area contributed by atoms with E-state index in [9.17, 15) is 4.79 Å². The Morgan fingerprint density at radius 3 is 2.35 bits per heavy atom. The number of nitrogens with zero attached hydrogens (tertiary/aromatic N) is 1. The van der Waals surface area contributed by atoms with Gasteiger partial charge in [0.05, 0.1) is 12.2 Å². The largest absolute Gasteiger partial charge is 0.323 e. The Morgan fingerprint density at radius 1 is 1.10 bits per heavy atom. The third-order valence-corrected chi connectivity index (χ3v) is 4.41. The topological polar surface area (TPSA) is 32.3 Å². The van der Waals surface area contributed by atoms with Gasteiger partial charge in [0, 0.05) is 6.04 Å². The standard InChI is InChI=1S/C17H34N2O/c1-6-8-9-10-12-14(5)19-15(11-7-2)18-16(13(3)4)17(19)20/h13-16,18H,6-12H2,1-5H3. The fourth-order valence-electron chi connectivity index (χ4n) is 3.18. The molecule has 1 heterocycles. The van der Waals surface area contributed by atoms with Gasteiger partial charge in [-0.1, -0.05) is 59.8 Å². The highest BCUT2D eigenvalue weighted by molar-refractivity contribution is 5.84. The van der Waals surface area contributed by atoms with Crippen LogP contribution in [0.5, 0.6) is 0 Å². The molecule has 1 rings (SSSR count). The van der Waals surface area contributed by atoms with E-state index < -0.39 is 0 Å². The van der Waals surface area contributed by atoms with E-state index in [4.69, 9.17) is 0 Å². The fraction of sp³-hybridized carbons (Fsp3) is 0.941. The molecule has 20 heavy (non-hydrogen) atoms. The Balaban J connectivity index is 2.60. The lowest BCUT2D eigenvalue weighted by Crippen LogP contribution is -2.43. The van der Waals surface area contributed by atoms with Crippen LogP contribution in [0.1, 0.15) is 79.6 Å². The van der Waals surface area contributed by atoms with Gasteiger partial charge in [0.15, 0.2) is 0 Å². The molecule has 0 radical (unpaired) electrons. The molecule has 3 heteroatoms. The molecule has 1 N–H and O–H groups in total. The number of nitrogens with one attached hydrogen (secondary N) is 1. The summed E-state index contributed by atoms with van der Waals surface area (Å²) in [4.78, 5) is 14.8. The van der Waals surface area contributed by atoms with E-state index in [-0.39, 0.29) is 12.2 Å². The van der Waals surface area contributed by atoms with E-state index in [1.54, 1.807) is 0 Å². The van der Waals surface area contributed by atoms with Gasteiger partial charge in [-0.25, -0.2) is 0 Å². The Labute approximate surface area is 125 Å². The highest BCUT2D eigenvalue weighted by Crippen LogP contribution is 2.24. The van der Waals surface area contributed by atoms with E-state index in [2.05, 4.69) is 44.8 Å². The van der Waals surface area contributed by atoms with Crippen molar-refractivity contribution >= 4 is 5.91 Å². The van der Waals surface area contributed by atoms with Gasteiger partial charge in [-0.2, -0.15) is 0 Å². The summed E-state index contributed by atoms with van der Waals surface area (Å²) in [6, 6.07) is 0.386. The van der Waals surface area contributed by atoms with Gasteiger partial charge in [0.1, 0.15) is 0 Å². The lowest BCUT2D eigenvalue weighted by molar-refractivity contribution is -0.132. The minimum Gasteiger partial charge on any atom is -0.323 e. The van der Waals surface area contributed by atoms with Crippen molar-refractivity contribution in [2.24, 2.45) is 5.92 Å². The number of hydrogen-bond donors (Lipinski definition) is 1. The van der Waals surface area contributed by atoms with Crippen LogP contribution in [0.25, 0.3) is 0 Å². The quantitative estimate of drug-likeness (QED) is 0.650. The highest BCUT2D eigenvalue weighted by atomic mass is 16.2. The van der Waals surface area contributed by atoms with Crippen LogP contribution in [-0.2, 0) is 4.79 Å². The van der Waals surface area contributed by atoms with Gasteiger partial charge in [0.25, 0.3) is 0 Å². The normalized spacial score (nSPS) is 24.7. The maximum atomic E-state index is 12.6. The number of carbonyl (C=O) groups is 1. The van der Waals surface area contributed by atoms with Crippen molar-refractivity contribution in [1.29, 1.82) is 0 Å². The summed E-state index contributed by atoms with van der Waals surface area (Å²) in [5, 5.41) is 3.55. The van der Waals surface area contributed by atoms with Gasteiger partial charge < -0.3 is 4.90 Å². The SMILES string of the molecule is CCCCCCC(C)N1C(=O)C(C(C)C)NC1CCC. The summed E-state index contributed by atoms with van der Waals surface area (Å²) in [5.74, 6) is 0.695. The fourth-order valence-corrected chi connectivity index (χ4v) is 3.18. The monoisotopic (exact) mass is 282 g/mol. The van der Waals surface area contributed by atoms with Gasteiger partial charge in [-0.05, 0) is 25.7 Å². The summed E-state index contributed by atoms with van der Waals surface area (Å²) in [6.07, 6.45) is 8.69. The molecule has 1 saturated heterocycles. The van der Waals surface area contributed by atoms with Crippen molar-refractivity contribution in [2.45, 2.75) is 97.8 Å². The van der Waals surface area contributed by atoms with Crippen molar-refractivity contribution < 1.29 is 4.79 Å². The van der Waals surface area contributed by atoms with Crippen LogP contribution in [0.4, 0.5) is 0 Å². The Hall–Kier alpha value is -0.570. The first-order chi connectivity index (χ1) is 9.52. The molecule has 1 aliphatic rings. The van der Waals surface area contributed by atoms with Crippen LogP contribution in [-0.4, -0.2) is 29.1 Å². The Bertz CT molecular complexity index is 291. The second-order valence-corrected chi connectivity index (χ2v) is 6.64. The first kappa shape index (κ1) is 17.5. The van der Waals surface area contributed by atoms with Crippen LogP contribution in [0.15, 0.2) is 0 Å². The molecular weight excluding hydrogens is 248 g/mol. The molecular formula is C17H34N2O. The first-order valence-corrected chi connectivity index (χ1v) is 8.61. The van der Waals surface area contributed by atoms with Crippen molar-refractivity contribution in [3.8, 4) is 0 Å². The van der Waals surface area contributed by atoms with Crippen molar-refractivity contribution in [3.05, 3.63) is 0 Å². The summed E-state index contributed by atoms with van der Waals surface area (Å²) < 4.78 is 0. The van der Waals surface area contributed by atoms with Crippen LogP contribution in [0.3, 0.4) is 0 Å². The third-order valence-electron chi connectivity index (χ3n) is 4.41. The molecule has 1 aliphatic heterocycles. The minimum atomic E-state index is 0.0182. The number of rotatable bonds is 9. The van der Waals surface area contributed by atoms with Gasteiger partial charge in [-0.15, -0.1) is 0 Å². The van der Waals surface area contributed by atoms with Crippen molar-refractivity contribution in [1.82, 2.24) is 10.2 Å². The van der Waals surface area contributed by atoms with Crippen molar-refractivity contribution in [3.63, 3.8) is 0 Å². The zero-order chi connectivity index (χ0) is 15.1. The zero-order valence-corrected chi connectivity index (χ0v) is 14.1. The van der Waals surface area contributed by atoms with Gasteiger partial charge in [0.2, 0.25) is 5.91 Å². The molecule has 1 amide bonds. The molecule has 0 bridgehead atoms. The predicted octanol–water partition coefficient (Wildman–Crippen LogP) is 3.93. The maximum Gasteiger partial charge on any atom is 0.241 e. The predicted molar refractivity (Wildman–Crippen MR) is 85.5 cm³/mol. The van der Waals surface area contributed by atoms with Crippen LogP contribution in [0.2, 0.25) is 0 Å². The molecule has 3 nitrogen and oxygen atoms in total. The molecule has 0 aromatic rings. The molecule has 118 valence electrons. The van der Waals surface area contributed by atoms with Crippen LogP contribution < -0.4 is 5.32 Å². The average Bonchev–Trinajstić information content (AvgIpc) is 2.72. The summed E-state index contributed by atoms with van der Waals surface area (Å²) in [5.41, 5.74) is 0. The first-order valence-electron chi connectivity index (χ1n) is 8.61. The molecule has 0 saturated carbocycles. The minimum absolute atomic E-state index is 0.0182. The number of carbonyl (C=O) groups excluding carboxylic acids is 1. The van der Waals surface area contributed by atoms with E-state index in [0.29, 0.717) is 17.9 Å². The molecule has 0 aromatic heterocycles. The zero-order valence-electron chi connectivity index (χ0n) is 14.1. The summed E-state index contributed by atoms with van der Waals surface area (Å²) in [7, 11) is 0. The Morgan fingerprint density at radius 2 is 1.80 bits per heavy atom.